The second-order valence-corrected chi connectivity index (χ2v) is 4.50. The third-order valence-electron chi connectivity index (χ3n) is 2.76. The summed E-state index contributed by atoms with van der Waals surface area (Å²) in [7, 11) is 0. The molecule has 2 aromatic heterocycles. The van der Waals surface area contributed by atoms with E-state index in [-0.39, 0.29) is 0 Å². The van der Waals surface area contributed by atoms with Crippen LogP contribution in [0.25, 0.3) is 0 Å². The van der Waals surface area contributed by atoms with Crippen molar-refractivity contribution in [1.29, 1.82) is 0 Å². The van der Waals surface area contributed by atoms with Crippen LogP contribution < -0.4 is 10.5 Å². The molecule has 2 N–H and O–H groups in total. The minimum atomic E-state index is 0.488. The summed E-state index contributed by atoms with van der Waals surface area (Å²) in [5.41, 5.74) is 8.71. The van der Waals surface area contributed by atoms with Crippen molar-refractivity contribution in [3.05, 3.63) is 47.4 Å². The number of nitrogens with zero attached hydrogens (tertiary/aromatic N) is 2. The molecule has 0 aliphatic heterocycles. The maximum Gasteiger partial charge on any atom is 0.219 e. The predicted octanol–water partition coefficient (Wildman–Crippen LogP) is 2.99. The average Bonchev–Trinajstić information content (AvgIpc) is 2.41. The van der Waals surface area contributed by atoms with Crippen molar-refractivity contribution < 1.29 is 4.74 Å². The van der Waals surface area contributed by atoms with Gasteiger partial charge < -0.3 is 10.5 Å². The first kappa shape index (κ1) is 13.5. The van der Waals surface area contributed by atoms with Crippen LogP contribution >= 0.6 is 0 Å². The van der Waals surface area contributed by atoms with Gasteiger partial charge in [-0.25, -0.2) is 4.98 Å². The van der Waals surface area contributed by atoms with E-state index in [4.69, 9.17) is 10.5 Å². The summed E-state index contributed by atoms with van der Waals surface area (Å²) < 4.78 is 5.73. The predicted molar refractivity (Wildman–Crippen MR) is 75.2 cm³/mol. The fraction of sp³-hybridized carbons (Fsp3) is 0.333. The molecular formula is C15H19N3O. The number of aryl methyl sites for hydroxylation is 2. The highest BCUT2D eigenvalue weighted by molar-refractivity contribution is 5.30. The Balaban J connectivity index is 2.23. The molecule has 0 fully saturated rings. The summed E-state index contributed by atoms with van der Waals surface area (Å²) in [4.78, 5) is 8.68. The van der Waals surface area contributed by atoms with Gasteiger partial charge in [-0.15, -0.1) is 0 Å². The minimum absolute atomic E-state index is 0.488. The van der Waals surface area contributed by atoms with Gasteiger partial charge in [0.2, 0.25) is 5.88 Å². The monoisotopic (exact) mass is 257 g/mol. The molecule has 0 saturated heterocycles. The molecule has 2 heterocycles. The molecule has 0 aliphatic carbocycles. The standard InChI is InChI=1S/C15H19N3O/c1-3-4-13-7-12(9-16)8-15(18-13)19-14-6-5-11(2)17-10-14/h5-8,10H,3-4,9,16H2,1-2H3. The van der Waals surface area contributed by atoms with Gasteiger partial charge in [-0.3, -0.25) is 4.98 Å². The lowest BCUT2D eigenvalue weighted by Crippen LogP contribution is -2.01. The van der Waals surface area contributed by atoms with Crippen LogP contribution in [0.15, 0.2) is 30.5 Å². The quantitative estimate of drug-likeness (QED) is 0.894. The summed E-state index contributed by atoms with van der Waals surface area (Å²) in [6, 6.07) is 7.70. The molecule has 0 bridgehead atoms. The third kappa shape index (κ3) is 3.76. The molecule has 2 aromatic rings. The zero-order valence-corrected chi connectivity index (χ0v) is 11.4. The molecule has 0 aliphatic rings. The first-order valence-electron chi connectivity index (χ1n) is 6.51. The lowest BCUT2D eigenvalue weighted by Gasteiger charge is -2.08. The van der Waals surface area contributed by atoms with Crippen molar-refractivity contribution in [1.82, 2.24) is 9.97 Å². The number of aromatic nitrogens is 2. The van der Waals surface area contributed by atoms with Crippen LogP contribution in [0.1, 0.15) is 30.3 Å². The van der Waals surface area contributed by atoms with E-state index in [1.807, 2.05) is 31.2 Å². The number of pyridine rings is 2. The molecule has 2 rings (SSSR count). The highest BCUT2D eigenvalue weighted by Crippen LogP contribution is 2.21. The molecule has 0 atom stereocenters. The lowest BCUT2D eigenvalue weighted by molar-refractivity contribution is 0.457. The Morgan fingerprint density at radius 1 is 1.26 bits per heavy atom. The van der Waals surface area contributed by atoms with Crippen LogP contribution in [-0.4, -0.2) is 9.97 Å². The smallest absolute Gasteiger partial charge is 0.219 e. The van der Waals surface area contributed by atoms with Crippen molar-refractivity contribution in [2.75, 3.05) is 0 Å². The molecule has 100 valence electrons. The molecule has 0 aromatic carbocycles. The van der Waals surface area contributed by atoms with Crippen LogP contribution in [0.2, 0.25) is 0 Å². The number of hydrogen-bond acceptors (Lipinski definition) is 4. The first-order valence-corrected chi connectivity index (χ1v) is 6.51. The highest BCUT2D eigenvalue weighted by Gasteiger charge is 2.04. The molecule has 4 heteroatoms. The first-order chi connectivity index (χ1) is 9.21. The van der Waals surface area contributed by atoms with Gasteiger partial charge in [0.25, 0.3) is 0 Å². The molecule has 0 saturated carbocycles. The Labute approximate surface area is 113 Å². The van der Waals surface area contributed by atoms with Gasteiger partial charge in [0.05, 0.1) is 6.20 Å². The van der Waals surface area contributed by atoms with Crippen LogP contribution in [0.4, 0.5) is 0 Å². The van der Waals surface area contributed by atoms with E-state index in [0.29, 0.717) is 18.2 Å². The minimum Gasteiger partial charge on any atom is -0.437 e. The molecule has 4 nitrogen and oxygen atoms in total. The second kappa shape index (κ2) is 6.29. The van der Waals surface area contributed by atoms with Crippen molar-refractivity contribution >= 4 is 0 Å². The van der Waals surface area contributed by atoms with Gasteiger partial charge in [0, 0.05) is 24.0 Å². The van der Waals surface area contributed by atoms with Crippen molar-refractivity contribution in [2.45, 2.75) is 33.2 Å². The topological polar surface area (TPSA) is 61.0 Å². The molecular weight excluding hydrogens is 238 g/mol. The molecule has 19 heavy (non-hydrogen) atoms. The van der Waals surface area contributed by atoms with Gasteiger partial charge in [-0.1, -0.05) is 13.3 Å². The maximum atomic E-state index is 5.73. The number of hydrogen-bond donors (Lipinski definition) is 1. The van der Waals surface area contributed by atoms with E-state index in [0.717, 1.165) is 29.8 Å². The molecule has 0 spiro atoms. The number of ether oxygens (including phenoxy) is 1. The molecule has 0 unspecified atom stereocenters. The number of rotatable bonds is 5. The van der Waals surface area contributed by atoms with E-state index in [2.05, 4.69) is 16.9 Å². The van der Waals surface area contributed by atoms with Crippen molar-refractivity contribution in [3.63, 3.8) is 0 Å². The van der Waals surface area contributed by atoms with Crippen molar-refractivity contribution in [3.8, 4) is 11.6 Å². The Morgan fingerprint density at radius 3 is 2.74 bits per heavy atom. The van der Waals surface area contributed by atoms with Crippen molar-refractivity contribution in [2.24, 2.45) is 5.73 Å². The van der Waals surface area contributed by atoms with E-state index in [1.54, 1.807) is 6.20 Å². The molecule has 0 amide bonds. The summed E-state index contributed by atoms with van der Waals surface area (Å²) in [6.45, 7) is 4.55. The summed E-state index contributed by atoms with van der Waals surface area (Å²) in [6.07, 6.45) is 3.68. The Bertz CT molecular complexity index is 538. The zero-order valence-electron chi connectivity index (χ0n) is 11.4. The SMILES string of the molecule is CCCc1cc(CN)cc(Oc2ccc(C)nc2)n1. The van der Waals surface area contributed by atoms with Gasteiger partial charge in [0.1, 0.15) is 5.75 Å². The fourth-order valence-corrected chi connectivity index (χ4v) is 1.81. The van der Waals surface area contributed by atoms with Crippen LogP contribution in [0.3, 0.4) is 0 Å². The second-order valence-electron chi connectivity index (χ2n) is 4.50. The average molecular weight is 257 g/mol. The lowest BCUT2D eigenvalue weighted by atomic mass is 10.1. The van der Waals surface area contributed by atoms with Gasteiger partial charge in [-0.2, -0.15) is 0 Å². The van der Waals surface area contributed by atoms with Gasteiger partial charge in [0.15, 0.2) is 0 Å². The Hall–Kier alpha value is -1.94. The zero-order chi connectivity index (χ0) is 13.7. The summed E-state index contributed by atoms with van der Waals surface area (Å²) in [5, 5.41) is 0. The number of nitrogens with two attached hydrogens (primary N) is 1. The van der Waals surface area contributed by atoms with Crippen LogP contribution in [-0.2, 0) is 13.0 Å². The Kier molecular flexibility index (Phi) is 4.47. The fourth-order valence-electron chi connectivity index (χ4n) is 1.81. The third-order valence-corrected chi connectivity index (χ3v) is 2.76. The van der Waals surface area contributed by atoms with E-state index in [1.165, 1.54) is 0 Å². The maximum absolute atomic E-state index is 5.73. The normalized spacial score (nSPS) is 10.5. The van der Waals surface area contributed by atoms with E-state index < -0.39 is 0 Å². The summed E-state index contributed by atoms with van der Waals surface area (Å²) in [5.74, 6) is 1.27. The summed E-state index contributed by atoms with van der Waals surface area (Å²) >= 11 is 0. The van der Waals surface area contributed by atoms with E-state index in [9.17, 15) is 0 Å². The Morgan fingerprint density at radius 2 is 2.11 bits per heavy atom. The highest BCUT2D eigenvalue weighted by atomic mass is 16.5. The van der Waals surface area contributed by atoms with E-state index >= 15 is 0 Å². The van der Waals surface area contributed by atoms with Crippen LogP contribution in [0, 0.1) is 6.92 Å². The van der Waals surface area contributed by atoms with Crippen LogP contribution in [0.5, 0.6) is 11.6 Å². The van der Waals surface area contributed by atoms with Gasteiger partial charge >= 0.3 is 0 Å². The largest absolute Gasteiger partial charge is 0.437 e. The molecule has 0 radical (unpaired) electrons. The van der Waals surface area contributed by atoms with Gasteiger partial charge in [-0.05, 0) is 37.1 Å².